The molecule has 2 saturated carbocycles. The molecule has 548 valence electrons. The van der Waals surface area contributed by atoms with Crippen LogP contribution in [0.5, 0.6) is 0 Å². The number of imide groups is 1. The highest BCUT2D eigenvalue weighted by atomic mass is 32.1. The fourth-order valence-corrected chi connectivity index (χ4v) is 16.2. The summed E-state index contributed by atoms with van der Waals surface area (Å²) < 4.78 is 15.8. The van der Waals surface area contributed by atoms with Gasteiger partial charge in [-0.2, -0.15) is 5.10 Å². The number of aliphatic carboxylic acids is 1. The minimum atomic E-state index is -1.18. The Kier molecular flexibility index (Phi) is 24.8. The summed E-state index contributed by atoms with van der Waals surface area (Å²) in [4.78, 5) is 143. The van der Waals surface area contributed by atoms with Gasteiger partial charge >= 0.3 is 24.1 Å². The molecule has 0 radical (unpaired) electrons. The zero-order chi connectivity index (χ0) is 73.6. The zero-order valence-corrected chi connectivity index (χ0v) is 59.9. The SMILES string of the molecule is CCCC1(C)CC2(Cn3ncc(-c4ccc(N5CCc6cccc(C(=O)Nc7nc8ccccc8s7)c6C5)nc4C(=O)O)c3C)CCCC(OCCN(CCC(=O)O)C(=O)OCc3ccc(NC(=O)[C@H](CCCNC(N)=O)NC(=O)[C@@H](NC(=O)CCCCCN4C(=O)C=CC4=O)C(C)C)cc3)(C1)C2. The minimum absolute atomic E-state index is 0.0550. The lowest BCUT2D eigenvalue weighted by atomic mass is 9.51. The first kappa shape index (κ1) is 75.6. The molecule has 10 rings (SSSR count). The van der Waals surface area contributed by atoms with Gasteiger partial charge < -0.3 is 56.5 Å². The maximum Gasteiger partial charge on any atom is 0.410 e. The number of urea groups is 1. The largest absolute Gasteiger partial charge is 0.481 e. The number of amides is 9. The number of aromatic nitrogens is 4. The normalized spacial score (nSPS) is 19.0. The number of benzene rings is 3. The monoisotopic (exact) mass is 1430 g/mol. The van der Waals surface area contributed by atoms with Crippen molar-refractivity contribution in [1.82, 2.24) is 45.5 Å². The van der Waals surface area contributed by atoms with E-state index in [-0.39, 0.29) is 111 Å². The molecule has 3 aromatic heterocycles. The molecule has 3 aromatic carbocycles. The van der Waals surface area contributed by atoms with Crippen LogP contribution < -0.4 is 37.2 Å². The van der Waals surface area contributed by atoms with Gasteiger partial charge in [-0.05, 0) is 160 Å². The molecule has 0 saturated heterocycles. The second-order valence-corrected chi connectivity index (χ2v) is 29.4. The summed E-state index contributed by atoms with van der Waals surface area (Å²) in [5.41, 5.74) is 10.2. The van der Waals surface area contributed by atoms with E-state index in [1.807, 2.05) is 59.0 Å². The fourth-order valence-electron chi connectivity index (χ4n) is 15.4. The number of nitrogens with two attached hydrogens (primary N) is 1. The number of para-hydroxylation sites is 1. The third-order valence-electron chi connectivity index (χ3n) is 20.0. The number of rotatable bonds is 34. The molecule has 28 heteroatoms. The Hall–Kier alpha value is -10.1. The molecule has 5 heterocycles. The van der Waals surface area contributed by atoms with Crippen LogP contribution in [-0.4, -0.2) is 156 Å². The summed E-state index contributed by atoms with van der Waals surface area (Å²) in [6, 6.07) is 20.6. The minimum Gasteiger partial charge on any atom is -0.481 e. The van der Waals surface area contributed by atoms with Gasteiger partial charge in [-0.3, -0.25) is 48.5 Å². The number of unbranched alkanes of at least 4 members (excludes halogenated alkanes) is 2. The van der Waals surface area contributed by atoms with Gasteiger partial charge in [0.15, 0.2) is 10.8 Å². The van der Waals surface area contributed by atoms with Crippen molar-refractivity contribution in [3.8, 4) is 11.1 Å². The quantitative estimate of drug-likeness (QED) is 0.0137. The molecule has 2 aliphatic carbocycles. The Bertz CT molecular complexity index is 4120. The molecule has 27 nitrogen and oxygen atoms in total. The number of ether oxygens (including phenoxy) is 2. The highest BCUT2D eigenvalue weighted by Crippen LogP contribution is 2.61. The van der Waals surface area contributed by atoms with Gasteiger partial charge in [0, 0.05) is 92.5 Å². The Morgan fingerprint density at radius 2 is 1.59 bits per heavy atom. The van der Waals surface area contributed by atoms with E-state index in [1.54, 1.807) is 56.4 Å². The molecule has 4 aliphatic rings. The molecule has 9 N–H and O–H groups in total. The van der Waals surface area contributed by atoms with Gasteiger partial charge in [0.1, 0.15) is 24.5 Å². The predicted octanol–water partition coefficient (Wildman–Crippen LogP) is 9.90. The van der Waals surface area contributed by atoms with Gasteiger partial charge in [-0.25, -0.2) is 24.4 Å². The zero-order valence-electron chi connectivity index (χ0n) is 59.1. The number of carbonyl (C=O) groups excluding carboxylic acids is 8. The summed E-state index contributed by atoms with van der Waals surface area (Å²) in [6.45, 7) is 11.6. The van der Waals surface area contributed by atoms with Gasteiger partial charge in [0.05, 0.1) is 35.0 Å². The van der Waals surface area contributed by atoms with Crippen LogP contribution in [0.3, 0.4) is 0 Å². The standard InChI is InChI=1S/C75H93N13O14S/c1-6-31-73(5)43-74(46-88-48(4)54(40-78-88)52-25-26-59(82-65(52)69(97)98)86-36-29-50-15-12-16-53(55(50)41-86)66(94)84-71-81-56-17-9-10-19-58(56)103-71)32-14-33-75(44-73,45-74)102-39-38-85(37-30-63(92)93)72(100)101-42-49-21-23-51(24-22-49)79-67(95)57(18-13-34-77-70(76)99)80-68(96)64(47(2)3)83-60(89)20-8-7-11-35-87-61(90)27-28-62(87)91/h9-10,12,15-17,19,21-28,40,47,57,64H,6-8,11,13-14,18,20,29-39,41-46H2,1-5H3,(H,79,95)(H,80,96)(H,83,89)(H,92,93)(H,97,98)(H3,76,77,99)(H,81,84,94)/t57-,64-,73?,74?,75?/m0/s1. The second kappa shape index (κ2) is 33.8. The van der Waals surface area contributed by atoms with E-state index in [2.05, 4.69) is 45.4 Å². The van der Waals surface area contributed by atoms with E-state index in [1.165, 1.54) is 28.4 Å². The first-order chi connectivity index (χ1) is 49.3. The molecule has 5 atom stereocenters. The Labute approximate surface area is 602 Å². The third-order valence-corrected chi connectivity index (χ3v) is 21.0. The second-order valence-electron chi connectivity index (χ2n) is 28.3. The Morgan fingerprint density at radius 3 is 2.32 bits per heavy atom. The fraction of sp³-hybridized carbons (Fsp3) is 0.480. The van der Waals surface area contributed by atoms with Crippen LogP contribution in [0.25, 0.3) is 21.3 Å². The van der Waals surface area contributed by atoms with Crippen molar-refractivity contribution in [1.29, 1.82) is 0 Å². The number of nitrogens with one attached hydrogen (secondary N) is 5. The van der Waals surface area contributed by atoms with Crippen molar-refractivity contribution < 1.29 is 67.6 Å². The molecule has 0 spiro atoms. The van der Waals surface area contributed by atoms with Gasteiger partial charge in [-0.1, -0.05) is 88.3 Å². The highest BCUT2D eigenvalue weighted by Gasteiger charge is 2.56. The van der Waals surface area contributed by atoms with Crippen LogP contribution in [0.4, 0.5) is 26.2 Å². The maximum absolute atomic E-state index is 13.9. The molecule has 9 amide bonds. The number of hydrogen-bond acceptors (Lipinski definition) is 17. The number of carbonyl (C=O) groups is 10. The van der Waals surface area contributed by atoms with Crippen molar-refractivity contribution in [2.24, 2.45) is 22.5 Å². The van der Waals surface area contributed by atoms with E-state index >= 15 is 0 Å². The number of carboxylic acids is 2. The van der Waals surface area contributed by atoms with Crippen molar-refractivity contribution in [3.63, 3.8) is 0 Å². The van der Waals surface area contributed by atoms with Crippen LogP contribution in [0.1, 0.15) is 167 Å². The number of hydrogen-bond donors (Lipinski definition) is 8. The molecule has 2 aliphatic heterocycles. The lowest BCUT2D eigenvalue weighted by Gasteiger charge is -2.58. The van der Waals surface area contributed by atoms with Crippen molar-refractivity contribution >= 4 is 97.7 Å². The van der Waals surface area contributed by atoms with E-state index < -0.39 is 53.6 Å². The lowest BCUT2D eigenvalue weighted by molar-refractivity contribution is -0.174. The summed E-state index contributed by atoms with van der Waals surface area (Å²) >= 11 is 1.40. The van der Waals surface area contributed by atoms with Crippen LogP contribution >= 0.6 is 11.3 Å². The molecule has 2 bridgehead atoms. The average molecular weight is 1430 g/mol. The van der Waals surface area contributed by atoms with E-state index in [0.29, 0.717) is 90.6 Å². The first-order valence-electron chi connectivity index (χ1n) is 35.5. The number of nitrogens with zero attached hydrogens (tertiary/aromatic N) is 7. The summed E-state index contributed by atoms with van der Waals surface area (Å²) in [7, 11) is 0. The molecular formula is C75H93N13O14S. The van der Waals surface area contributed by atoms with Crippen LogP contribution in [0.15, 0.2) is 97.2 Å². The topological polar surface area (TPSA) is 369 Å². The van der Waals surface area contributed by atoms with Crippen LogP contribution in [0.2, 0.25) is 0 Å². The summed E-state index contributed by atoms with van der Waals surface area (Å²) in [5.74, 6) is -4.75. The Morgan fingerprint density at radius 1 is 0.816 bits per heavy atom. The van der Waals surface area contributed by atoms with E-state index in [4.69, 9.17) is 25.3 Å². The highest BCUT2D eigenvalue weighted by molar-refractivity contribution is 7.22. The van der Waals surface area contributed by atoms with Crippen molar-refractivity contribution in [2.75, 3.05) is 54.9 Å². The number of fused-ring (bicyclic) bond motifs is 4. The summed E-state index contributed by atoms with van der Waals surface area (Å²) in [5, 5.41) is 39.8. The van der Waals surface area contributed by atoms with Gasteiger partial charge in [0.25, 0.3) is 17.7 Å². The molecule has 2 fully saturated rings. The third kappa shape index (κ3) is 19.4. The number of pyridine rings is 1. The van der Waals surface area contributed by atoms with E-state index in [0.717, 1.165) is 76.9 Å². The molecule has 6 aromatic rings. The number of primary amides is 1. The molecular weight excluding hydrogens is 1340 g/mol. The van der Waals surface area contributed by atoms with Gasteiger partial charge in [-0.15, -0.1) is 0 Å². The molecule has 3 unspecified atom stereocenters. The number of aromatic carboxylic acids is 1. The number of anilines is 3. The Balaban J connectivity index is 0.745. The smallest absolute Gasteiger partial charge is 0.410 e. The summed E-state index contributed by atoms with van der Waals surface area (Å²) in [6.07, 6.45) is 12.5. The molecule has 103 heavy (non-hydrogen) atoms. The number of carboxylic acid groups (broad SMARTS) is 2. The van der Waals surface area contributed by atoms with Crippen molar-refractivity contribution in [2.45, 2.75) is 175 Å². The van der Waals surface area contributed by atoms with Crippen LogP contribution in [-0.2, 0) is 64.4 Å². The van der Waals surface area contributed by atoms with Gasteiger partial charge in [0.2, 0.25) is 17.7 Å². The first-order valence-corrected chi connectivity index (χ1v) is 36.3. The predicted molar refractivity (Wildman–Crippen MR) is 387 cm³/mol. The number of thiazole rings is 1. The van der Waals surface area contributed by atoms with E-state index in [9.17, 15) is 58.2 Å². The average Bonchev–Trinajstić information content (AvgIpc) is 1.31. The maximum atomic E-state index is 13.9. The lowest BCUT2D eigenvalue weighted by Crippen LogP contribution is -2.55. The van der Waals surface area contributed by atoms with Crippen LogP contribution in [0, 0.1) is 23.7 Å². The van der Waals surface area contributed by atoms with Crippen molar-refractivity contribution in [3.05, 3.63) is 131 Å².